The summed E-state index contributed by atoms with van der Waals surface area (Å²) in [6, 6.07) is 3.09. The van der Waals surface area contributed by atoms with Crippen LogP contribution in [0.5, 0.6) is 0 Å². The Kier molecular flexibility index (Phi) is 5.62. The normalized spacial score (nSPS) is 17.3. The van der Waals surface area contributed by atoms with Crippen molar-refractivity contribution in [2.24, 2.45) is 0 Å². The smallest absolute Gasteiger partial charge is 0.242 e. The van der Waals surface area contributed by atoms with Crippen molar-refractivity contribution < 1.29 is 9.18 Å². The molecule has 21 heavy (non-hydrogen) atoms. The van der Waals surface area contributed by atoms with Crippen LogP contribution < -0.4 is 10.6 Å². The average molecular weight is 357 g/mol. The number of anilines is 1. The van der Waals surface area contributed by atoms with Crippen molar-refractivity contribution in [3.63, 3.8) is 0 Å². The predicted molar refractivity (Wildman–Crippen MR) is 86.9 cm³/mol. The Balaban J connectivity index is 1.95. The molecule has 1 atom stereocenters. The van der Waals surface area contributed by atoms with Gasteiger partial charge in [-0.15, -0.1) is 0 Å². The van der Waals surface area contributed by atoms with Gasteiger partial charge in [-0.3, -0.25) is 4.79 Å². The Bertz CT molecular complexity index is 515. The average Bonchev–Trinajstić information content (AvgIpc) is 2.45. The highest BCUT2D eigenvalue weighted by molar-refractivity contribution is 9.10. The first-order valence-electron chi connectivity index (χ1n) is 7.50. The molecule has 1 amide bonds. The Morgan fingerprint density at radius 2 is 2.00 bits per heavy atom. The van der Waals surface area contributed by atoms with E-state index in [-0.39, 0.29) is 17.8 Å². The van der Waals surface area contributed by atoms with Crippen LogP contribution in [0.1, 0.15) is 44.6 Å². The molecule has 2 N–H and O–H groups in total. The van der Waals surface area contributed by atoms with Crippen LogP contribution in [-0.2, 0) is 4.79 Å². The number of hydrogen-bond donors (Lipinski definition) is 2. The third-order valence-electron chi connectivity index (χ3n) is 3.98. The minimum Gasteiger partial charge on any atom is -0.374 e. The maximum absolute atomic E-state index is 13.4. The van der Waals surface area contributed by atoms with Gasteiger partial charge >= 0.3 is 0 Å². The molecule has 1 unspecified atom stereocenters. The largest absolute Gasteiger partial charge is 0.374 e. The molecule has 1 saturated carbocycles. The minimum absolute atomic E-state index is 0.00162. The first-order chi connectivity index (χ1) is 9.97. The summed E-state index contributed by atoms with van der Waals surface area (Å²) in [5.74, 6) is -0.292. The van der Waals surface area contributed by atoms with Crippen LogP contribution >= 0.6 is 15.9 Å². The zero-order chi connectivity index (χ0) is 15.4. The van der Waals surface area contributed by atoms with Crippen molar-refractivity contribution in [2.45, 2.75) is 58.0 Å². The third-order valence-corrected chi connectivity index (χ3v) is 4.59. The monoisotopic (exact) mass is 356 g/mol. The second kappa shape index (κ2) is 7.25. The Hall–Kier alpha value is -1.10. The molecule has 1 fully saturated rings. The van der Waals surface area contributed by atoms with Gasteiger partial charge in [0.15, 0.2) is 0 Å². The first-order valence-corrected chi connectivity index (χ1v) is 8.29. The van der Waals surface area contributed by atoms with Crippen LogP contribution in [0.25, 0.3) is 0 Å². The van der Waals surface area contributed by atoms with Crippen molar-refractivity contribution in [3.05, 3.63) is 28.0 Å². The topological polar surface area (TPSA) is 41.1 Å². The maximum atomic E-state index is 13.4. The van der Waals surface area contributed by atoms with E-state index in [1.807, 2.05) is 13.8 Å². The van der Waals surface area contributed by atoms with Crippen LogP contribution in [0.3, 0.4) is 0 Å². The van der Waals surface area contributed by atoms with Crippen molar-refractivity contribution in [1.82, 2.24) is 5.32 Å². The third kappa shape index (κ3) is 4.43. The molecule has 2 rings (SSSR count). The van der Waals surface area contributed by atoms with Crippen LogP contribution in [-0.4, -0.2) is 18.0 Å². The molecular formula is C16H22BrFN2O. The van der Waals surface area contributed by atoms with E-state index in [0.717, 1.165) is 24.1 Å². The lowest BCUT2D eigenvalue weighted by Crippen LogP contribution is -2.44. The van der Waals surface area contributed by atoms with Gasteiger partial charge in [-0.1, -0.05) is 19.3 Å². The molecule has 0 aromatic heterocycles. The molecule has 1 aromatic rings. The highest BCUT2D eigenvalue weighted by atomic mass is 79.9. The Morgan fingerprint density at radius 1 is 1.33 bits per heavy atom. The number of amides is 1. The van der Waals surface area contributed by atoms with E-state index in [9.17, 15) is 9.18 Å². The number of hydrogen-bond acceptors (Lipinski definition) is 2. The van der Waals surface area contributed by atoms with Gasteiger partial charge in [0.2, 0.25) is 5.91 Å². The van der Waals surface area contributed by atoms with Gasteiger partial charge in [0, 0.05) is 11.7 Å². The standard InChI is InChI=1S/C16H22BrFN2O/c1-10-8-14(18)13(17)9-15(10)19-11(2)16(21)20-12-6-4-3-5-7-12/h8-9,11-12,19H,3-7H2,1-2H3,(H,20,21). The van der Waals surface area contributed by atoms with Crippen LogP contribution in [0.2, 0.25) is 0 Å². The SMILES string of the molecule is Cc1cc(F)c(Br)cc1NC(C)C(=O)NC1CCCCC1. The number of nitrogens with one attached hydrogen (secondary N) is 2. The molecule has 0 saturated heterocycles. The van der Waals surface area contributed by atoms with Gasteiger partial charge in [-0.25, -0.2) is 4.39 Å². The van der Waals surface area contributed by atoms with E-state index in [2.05, 4.69) is 26.6 Å². The summed E-state index contributed by atoms with van der Waals surface area (Å²) in [5, 5.41) is 6.26. The first kappa shape index (κ1) is 16.3. The number of carbonyl (C=O) groups excluding carboxylic acids is 1. The van der Waals surface area contributed by atoms with E-state index in [4.69, 9.17) is 0 Å². The Labute approximate surface area is 133 Å². The van der Waals surface area contributed by atoms with Gasteiger partial charge in [0.05, 0.1) is 4.47 Å². The number of rotatable bonds is 4. The fraction of sp³-hybridized carbons (Fsp3) is 0.562. The summed E-state index contributed by atoms with van der Waals surface area (Å²) in [5.41, 5.74) is 1.56. The molecule has 116 valence electrons. The van der Waals surface area contributed by atoms with Crippen LogP contribution in [0, 0.1) is 12.7 Å². The lowest BCUT2D eigenvalue weighted by molar-refractivity contribution is -0.122. The van der Waals surface area contributed by atoms with Gasteiger partial charge in [-0.2, -0.15) is 0 Å². The fourth-order valence-corrected chi connectivity index (χ4v) is 3.02. The number of halogens is 2. The van der Waals surface area contributed by atoms with E-state index in [1.54, 1.807) is 6.07 Å². The molecule has 5 heteroatoms. The summed E-state index contributed by atoms with van der Waals surface area (Å²) in [4.78, 5) is 12.2. The zero-order valence-electron chi connectivity index (χ0n) is 12.5. The van der Waals surface area contributed by atoms with Gasteiger partial charge in [0.25, 0.3) is 0 Å². The van der Waals surface area contributed by atoms with Gasteiger partial charge in [0.1, 0.15) is 11.9 Å². The van der Waals surface area contributed by atoms with Crippen LogP contribution in [0.15, 0.2) is 16.6 Å². The summed E-state index contributed by atoms with van der Waals surface area (Å²) < 4.78 is 13.8. The summed E-state index contributed by atoms with van der Waals surface area (Å²) in [6.07, 6.45) is 5.79. The lowest BCUT2D eigenvalue weighted by Gasteiger charge is -2.25. The number of benzene rings is 1. The molecule has 3 nitrogen and oxygen atoms in total. The summed E-state index contributed by atoms with van der Waals surface area (Å²) in [7, 11) is 0. The zero-order valence-corrected chi connectivity index (χ0v) is 14.1. The van der Waals surface area contributed by atoms with Crippen molar-refractivity contribution in [3.8, 4) is 0 Å². The second-order valence-electron chi connectivity index (χ2n) is 5.79. The molecular weight excluding hydrogens is 335 g/mol. The van der Waals surface area contributed by atoms with Crippen molar-refractivity contribution in [1.29, 1.82) is 0 Å². The quantitative estimate of drug-likeness (QED) is 0.850. The molecule has 0 aliphatic heterocycles. The summed E-state index contributed by atoms with van der Waals surface area (Å²) >= 11 is 3.17. The Morgan fingerprint density at radius 3 is 2.67 bits per heavy atom. The van der Waals surface area contributed by atoms with Crippen LogP contribution in [0.4, 0.5) is 10.1 Å². The lowest BCUT2D eigenvalue weighted by atomic mass is 9.95. The van der Waals surface area contributed by atoms with Gasteiger partial charge in [-0.05, 0) is 60.3 Å². The highest BCUT2D eigenvalue weighted by Gasteiger charge is 2.20. The second-order valence-corrected chi connectivity index (χ2v) is 6.65. The fourth-order valence-electron chi connectivity index (χ4n) is 2.67. The van der Waals surface area contributed by atoms with E-state index in [0.29, 0.717) is 10.5 Å². The molecule has 1 aliphatic carbocycles. The highest BCUT2D eigenvalue weighted by Crippen LogP contribution is 2.25. The van der Waals surface area contributed by atoms with E-state index >= 15 is 0 Å². The van der Waals surface area contributed by atoms with Crippen molar-refractivity contribution >= 4 is 27.5 Å². The van der Waals surface area contributed by atoms with Gasteiger partial charge < -0.3 is 10.6 Å². The molecule has 1 aromatic carbocycles. The molecule has 0 spiro atoms. The number of aryl methyl sites for hydroxylation is 1. The molecule has 0 bridgehead atoms. The van der Waals surface area contributed by atoms with Crippen molar-refractivity contribution in [2.75, 3.05) is 5.32 Å². The molecule has 0 heterocycles. The van der Waals surface area contributed by atoms with E-state index < -0.39 is 0 Å². The number of carbonyl (C=O) groups is 1. The predicted octanol–water partition coefficient (Wildman–Crippen LogP) is 4.15. The van der Waals surface area contributed by atoms with E-state index in [1.165, 1.54) is 25.3 Å². The summed E-state index contributed by atoms with van der Waals surface area (Å²) in [6.45, 7) is 3.65. The minimum atomic E-state index is -0.344. The molecule has 1 aliphatic rings. The maximum Gasteiger partial charge on any atom is 0.242 e. The molecule has 0 radical (unpaired) electrons.